The first kappa shape index (κ1) is 11.6. The summed E-state index contributed by atoms with van der Waals surface area (Å²) in [5.41, 5.74) is 6.49. The zero-order valence-corrected chi connectivity index (χ0v) is 10.2. The van der Waals surface area contributed by atoms with Crippen molar-refractivity contribution in [2.24, 2.45) is 5.92 Å². The summed E-state index contributed by atoms with van der Waals surface area (Å²) >= 11 is 5.90. The highest BCUT2D eigenvalue weighted by molar-refractivity contribution is 6.30. The third kappa shape index (κ3) is 3.05. The summed E-state index contributed by atoms with van der Waals surface area (Å²) in [6, 6.07) is 5.36. The molecule has 2 nitrogen and oxygen atoms in total. The van der Waals surface area contributed by atoms with Crippen LogP contribution in [0.5, 0.6) is 5.75 Å². The summed E-state index contributed by atoms with van der Waals surface area (Å²) in [6.45, 7) is 0.768. The summed E-state index contributed by atoms with van der Waals surface area (Å²) in [6.07, 6.45) is 6.59. The molecule has 2 N–H and O–H groups in total. The third-order valence-electron chi connectivity index (χ3n) is 3.17. The lowest BCUT2D eigenvalue weighted by Crippen LogP contribution is -2.15. The molecule has 1 aliphatic carbocycles. The molecule has 0 radical (unpaired) electrons. The van der Waals surface area contributed by atoms with Gasteiger partial charge in [0.15, 0.2) is 0 Å². The van der Waals surface area contributed by atoms with E-state index in [0.29, 0.717) is 16.6 Å². The maximum atomic E-state index is 5.90. The first-order valence-corrected chi connectivity index (χ1v) is 6.31. The van der Waals surface area contributed by atoms with Crippen LogP contribution in [0.1, 0.15) is 32.1 Å². The van der Waals surface area contributed by atoms with Gasteiger partial charge in [-0.3, -0.25) is 0 Å². The van der Waals surface area contributed by atoms with E-state index in [-0.39, 0.29) is 0 Å². The average Bonchev–Trinajstić information content (AvgIpc) is 2.32. The molecule has 1 saturated carbocycles. The number of rotatable bonds is 3. The molecule has 1 aromatic rings. The molecule has 1 aromatic carbocycles. The lowest BCUT2D eigenvalue weighted by molar-refractivity contribution is 0.209. The molecule has 16 heavy (non-hydrogen) atoms. The largest absolute Gasteiger partial charge is 0.491 e. The Balaban J connectivity index is 1.90. The maximum Gasteiger partial charge on any atom is 0.143 e. The van der Waals surface area contributed by atoms with Crippen molar-refractivity contribution < 1.29 is 4.74 Å². The van der Waals surface area contributed by atoms with Gasteiger partial charge in [-0.25, -0.2) is 0 Å². The quantitative estimate of drug-likeness (QED) is 0.813. The Kier molecular flexibility index (Phi) is 3.94. The van der Waals surface area contributed by atoms with Crippen LogP contribution in [-0.2, 0) is 0 Å². The van der Waals surface area contributed by atoms with Crippen molar-refractivity contribution in [3.8, 4) is 5.75 Å². The van der Waals surface area contributed by atoms with Gasteiger partial charge in [0.05, 0.1) is 12.3 Å². The minimum absolute atomic E-state index is 0.667. The van der Waals surface area contributed by atoms with Crippen molar-refractivity contribution >= 4 is 17.3 Å². The van der Waals surface area contributed by atoms with Gasteiger partial charge in [-0.2, -0.15) is 0 Å². The van der Waals surface area contributed by atoms with E-state index in [4.69, 9.17) is 22.1 Å². The highest BCUT2D eigenvalue weighted by atomic mass is 35.5. The molecule has 88 valence electrons. The number of nitrogen functional groups attached to an aromatic ring is 1. The molecule has 0 aromatic heterocycles. The number of nitrogens with two attached hydrogens (primary N) is 1. The van der Waals surface area contributed by atoms with E-state index in [1.54, 1.807) is 18.2 Å². The van der Waals surface area contributed by atoms with Gasteiger partial charge in [-0.1, -0.05) is 30.9 Å². The predicted molar refractivity (Wildman–Crippen MR) is 67.9 cm³/mol. The lowest BCUT2D eigenvalue weighted by atomic mass is 9.90. The van der Waals surface area contributed by atoms with Crippen LogP contribution in [0.4, 0.5) is 5.69 Å². The average molecular weight is 240 g/mol. The number of anilines is 1. The molecule has 3 heteroatoms. The highest BCUT2D eigenvalue weighted by Gasteiger charge is 2.14. The van der Waals surface area contributed by atoms with Gasteiger partial charge in [0.2, 0.25) is 0 Å². The normalized spacial score (nSPS) is 17.3. The molecule has 0 atom stereocenters. The van der Waals surface area contributed by atoms with E-state index in [1.807, 2.05) is 0 Å². The van der Waals surface area contributed by atoms with Gasteiger partial charge in [-0.15, -0.1) is 0 Å². The molecule has 1 fully saturated rings. The lowest BCUT2D eigenvalue weighted by Gasteiger charge is -2.22. The van der Waals surface area contributed by atoms with Crippen LogP contribution in [0, 0.1) is 5.92 Å². The maximum absolute atomic E-state index is 5.90. The zero-order valence-electron chi connectivity index (χ0n) is 9.42. The van der Waals surface area contributed by atoms with Crippen LogP contribution in [0.2, 0.25) is 5.02 Å². The molecule has 0 spiro atoms. The third-order valence-corrected chi connectivity index (χ3v) is 3.41. The fourth-order valence-corrected chi connectivity index (χ4v) is 2.36. The van der Waals surface area contributed by atoms with Crippen molar-refractivity contribution in [2.45, 2.75) is 32.1 Å². The van der Waals surface area contributed by atoms with E-state index in [1.165, 1.54) is 32.1 Å². The number of ether oxygens (including phenoxy) is 1. The Bertz CT molecular complexity index is 348. The number of hydrogen-bond donors (Lipinski definition) is 1. The van der Waals surface area contributed by atoms with Gasteiger partial charge >= 0.3 is 0 Å². The van der Waals surface area contributed by atoms with Gasteiger partial charge < -0.3 is 10.5 Å². The van der Waals surface area contributed by atoms with E-state index in [0.717, 1.165) is 12.4 Å². The molecule has 0 amide bonds. The fourth-order valence-electron chi connectivity index (χ4n) is 2.19. The van der Waals surface area contributed by atoms with E-state index in [2.05, 4.69) is 0 Å². The summed E-state index contributed by atoms with van der Waals surface area (Å²) in [5, 5.41) is 0.674. The van der Waals surface area contributed by atoms with Crippen LogP contribution >= 0.6 is 11.6 Å². The molecule has 0 heterocycles. The van der Waals surface area contributed by atoms with Crippen molar-refractivity contribution in [1.82, 2.24) is 0 Å². The molecule has 1 aliphatic rings. The molecule has 0 bridgehead atoms. The van der Waals surface area contributed by atoms with Gasteiger partial charge in [0.1, 0.15) is 5.75 Å². The topological polar surface area (TPSA) is 35.2 Å². The van der Waals surface area contributed by atoms with Crippen molar-refractivity contribution in [3.05, 3.63) is 23.2 Å². The minimum atomic E-state index is 0.667. The Morgan fingerprint density at radius 1 is 1.25 bits per heavy atom. The molecule has 0 aliphatic heterocycles. The first-order chi connectivity index (χ1) is 7.75. The number of benzene rings is 1. The Morgan fingerprint density at radius 3 is 2.75 bits per heavy atom. The second-order valence-electron chi connectivity index (χ2n) is 4.50. The second kappa shape index (κ2) is 5.44. The summed E-state index contributed by atoms with van der Waals surface area (Å²) in [5.74, 6) is 1.41. The Labute approximate surface area is 102 Å². The molecule has 0 saturated heterocycles. The molecule has 2 rings (SSSR count). The molecule has 0 unspecified atom stereocenters. The summed E-state index contributed by atoms with van der Waals surface area (Å²) in [7, 11) is 0. The molecular weight excluding hydrogens is 222 g/mol. The van der Waals surface area contributed by atoms with Gasteiger partial charge in [0.25, 0.3) is 0 Å². The van der Waals surface area contributed by atoms with Crippen LogP contribution in [0.15, 0.2) is 18.2 Å². The SMILES string of the molecule is Nc1ccc(Cl)cc1OCC1CCCCC1. The van der Waals surface area contributed by atoms with E-state index < -0.39 is 0 Å². The predicted octanol–water partition coefficient (Wildman–Crippen LogP) is 3.88. The van der Waals surface area contributed by atoms with Gasteiger partial charge in [-0.05, 0) is 30.9 Å². The number of halogens is 1. The van der Waals surface area contributed by atoms with Crippen molar-refractivity contribution in [3.63, 3.8) is 0 Å². The van der Waals surface area contributed by atoms with E-state index >= 15 is 0 Å². The summed E-state index contributed by atoms with van der Waals surface area (Å²) in [4.78, 5) is 0. The smallest absolute Gasteiger partial charge is 0.143 e. The van der Waals surface area contributed by atoms with Crippen LogP contribution in [0.3, 0.4) is 0 Å². The Hall–Kier alpha value is -0.890. The van der Waals surface area contributed by atoms with E-state index in [9.17, 15) is 0 Å². The van der Waals surface area contributed by atoms with Crippen molar-refractivity contribution in [1.29, 1.82) is 0 Å². The zero-order chi connectivity index (χ0) is 11.4. The van der Waals surface area contributed by atoms with Gasteiger partial charge in [0, 0.05) is 11.1 Å². The summed E-state index contributed by atoms with van der Waals surface area (Å²) < 4.78 is 5.75. The highest BCUT2D eigenvalue weighted by Crippen LogP contribution is 2.28. The van der Waals surface area contributed by atoms with Crippen LogP contribution < -0.4 is 10.5 Å². The fraction of sp³-hybridized carbons (Fsp3) is 0.538. The Morgan fingerprint density at radius 2 is 2.00 bits per heavy atom. The number of hydrogen-bond acceptors (Lipinski definition) is 2. The first-order valence-electron chi connectivity index (χ1n) is 5.93. The molecular formula is C13H18ClNO. The second-order valence-corrected chi connectivity index (χ2v) is 4.93. The van der Waals surface area contributed by atoms with Crippen molar-refractivity contribution in [2.75, 3.05) is 12.3 Å². The standard InChI is InChI=1S/C13H18ClNO/c14-11-6-7-12(15)13(8-11)16-9-10-4-2-1-3-5-10/h6-8,10H,1-5,9,15H2. The minimum Gasteiger partial charge on any atom is -0.491 e. The van der Waals surface area contributed by atoms with Crippen LogP contribution in [-0.4, -0.2) is 6.61 Å². The monoisotopic (exact) mass is 239 g/mol. The van der Waals surface area contributed by atoms with Crippen LogP contribution in [0.25, 0.3) is 0 Å².